The molecule has 14 heteroatoms. The van der Waals surface area contributed by atoms with Crippen molar-refractivity contribution < 1.29 is 16.8 Å². The van der Waals surface area contributed by atoms with Crippen molar-refractivity contribution in [1.82, 2.24) is 29.1 Å². The van der Waals surface area contributed by atoms with Gasteiger partial charge in [-0.05, 0) is 37.8 Å². The molecular formula is C27H32N8O4S2. The molecule has 1 saturated carbocycles. The number of hydrogen-bond donors (Lipinski definition) is 1. The molecule has 0 aromatic carbocycles. The lowest BCUT2D eigenvalue weighted by Crippen LogP contribution is -2.57. The van der Waals surface area contributed by atoms with Crippen LogP contribution in [0.1, 0.15) is 45.2 Å². The van der Waals surface area contributed by atoms with Crippen LogP contribution in [0.25, 0.3) is 22.2 Å². The molecule has 12 nitrogen and oxygen atoms in total. The molecule has 1 aliphatic heterocycles. The molecule has 0 unspecified atom stereocenters. The fourth-order valence-electron chi connectivity index (χ4n) is 5.26. The lowest BCUT2D eigenvalue weighted by atomic mass is 9.90. The van der Waals surface area contributed by atoms with E-state index in [1.54, 1.807) is 12.3 Å². The molecular weight excluding hydrogens is 564 g/mol. The van der Waals surface area contributed by atoms with E-state index in [4.69, 9.17) is 4.98 Å². The normalized spacial score (nSPS) is 19.5. The van der Waals surface area contributed by atoms with E-state index in [0.29, 0.717) is 42.4 Å². The third-order valence-corrected chi connectivity index (χ3v) is 10.8. The first-order valence-electron chi connectivity index (χ1n) is 13.5. The minimum absolute atomic E-state index is 0.0699. The van der Waals surface area contributed by atoms with E-state index in [-0.39, 0.29) is 28.9 Å². The first-order valence-corrected chi connectivity index (χ1v) is 17.1. The van der Waals surface area contributed by atoms with E-state index >= 15 is 0 Å². The zero-order valence-electron chi connectivity index (χ0n) is 23.3. The van der Waals surface area contributed by atoms with Crippen molar-refractivity contribution in [2.75, 3.05) is 28.8 Å². The average molecular weight is 597 g/mol. The molecule has 2 fully saturated rings. The Morgan fingerprint density at radius 2 is 1.80 bits per heavy atom. The van der Waals surface area contributed by atoms with Crippen LogP contribution in [0.5, 0.6) is 0 Å². The summed E-state index contributed by atoms with van der Waals surface area (Å²) in [5.74, 6) is 1.82. The van der Waals surface area contributed by atoms with Gasteiger partial charge in [-0.15, -0.1) is 0 Å². The van der Waals surface area contributed by atoms with Crippen molar-refractivity contribution in [3.8, 4) is 11.4 Å². The summed E-state index contributed by atoms with van der Waals surface area (Å²) in [6, 6.07) is 3.73. The first-order chi connectivity index (χ1) is 19.4. The summed E-state index contributed by atoms with van der Waals surface area (Å²) in [6.07, 6.45) is 10.8. The molecule has 4 aromatic heterocycles. The largest absolute Gasteiger partial charge is 0.366 e. The maximum absolute atomic E-state index is 12.5. The molecule has 0 radical (unpaired) electrons. The molecule has 1 N–H and O–H groups in total. The van der Waals surface area contributed by atoms with Gasteiger partial charge >= 0.3 is 0 Å². The number of anilines is 3. The zero-order chi connectivity index (χ0) is 29.1. The van der Waals surface area contributed by atoms with Gasteiger partial charge in [0.05, 0.1) is 46.5 Å². The molecule has 0 bridgehead atoms. The molecule has 1 aliphatic carbocycles. The Balaban J connectivity index is 1.28. The van der Waals surface area contributed by atoms with Crippen molar-refractivity contribution in [1.29, 1.82) is 0 Å². The fourth-order valence-corrected chi connectivity index (χ4v) is 7.90. The number of hydrogen-bond acceptors (Lipinski definition) is 11. The summed E-state index contributed by atoms with van der Waals surface area (Å²) >= 11 is 0. The van der Waals surface area contributed by atoms with Crippen LogP contribution >= 0.6 is 0 Å². The van der Waals surface area contributed by atoms with Gasteiger partial charge in [-0.2, -0.15) is 9.19 Å². The van der Waals surface area contributed by atoms with E-state index in [1.165, 1.54) is 18.6 Å². The predicted octanol–water partition coefficient (Wildman–Crippen LogP) is 3.36. The summed E-state index contributed by atoms with van der Waals surface area (Å²) in [7, 11) is -6.53. The van der Waals surface area contributed by atoms with Crippen molar-refractivity contribution in [2.24, 2.45) is 5.92 Å². The smallest absolute Gasteiger partial charge is 0.256 e. The molecule has 216 valence electrons. The summed E-state index contributed by atoms with van der Waals surface area (Å²) in [5.41, 5.74) is 2.36. The van der Waals surface area contributed by atoms with Crippen molar-refractivity contribution in [2.45, 2.75) is 50.8 Å². The average Bonchev–Trinajstić information content (AvgIpc) is 3.66. The molecule has 41 heavy (non-hydrogen) atoms. The van der Waals surface area contributed by atoms with Crippen molar-refractivity contribution in [3.63, 3.8) is 0 Å². The second-order valence-electron chi connectivity index (χ2n) is 11.3. The van der Waals surface area contributed by atoms with Gasteiger partial charge in [0.15, 0.2) is 5.82 Å². The number of fused-ring (bicyclic) bond motifs is 1. The topological polar surface area (TPSA) is 153 Å². The second kappa shape index (κ2) is 10.0. The molecule has 0 spiro atoms. The third-order valence-electron chi connectivity index (χ3n) is 7.70. The van der Waals surface area contributed by atoms with Gasteiger partial charge in [0, 0.05) is 47.9 Å². The van der Waals surface area contributed by atoms with Gasteiger partial charge in [-0.3, -0.25) is 4.98 Å². The number of rotatable bonds is 9. The Kier molecular flexibility index (Phi) is 6.72. The number of nitrogens with one attached hydrogen (secondary N) is 1. The van der Waals surface area contributed by atoms with E-state index in [1.807, 2.05) is 25.4 Å². The first kappa shape index (κ1) is 27.5. The predicted molar refractivity (Wildman–Crippen MR) is 158 cm³/mol. The van der Waals surface area contributed by atoms with Crippen LogP contribution in [0.4, 0.5) is 17.3 Å². The Hall–Kier alpha value is -3.65. The van der Waals surface area contributed by atoms with Crippen LogP contribution < -0.4 is 10.2 Å². The Labute approximate surface area is 239 Å². The van der Waals surface area contributed by atoms with Crippen LogP contribution in [0.15, 0.2) is 43.1 Å². The molecule has 2 aliphatic rings. The number of aromatic nitrogens is 6. The maximum Gasteiger partial charge on any atom is 0.256 e. The number of sulfone groups is 1. The van der Waals surface area contributed by atoms with E-state index in [9.17, 15) is 16.8 Å². The van der Waals surface area contributed by atoms with Gasteiger partial charge in [0.1, 0.15) is 21.5 Å². The van der Waals surface area contributed by atoms with Crippen molar-refractivity contribution >= 4 is 48.0 Å². The van der Waals surface area contributed by atoms with Crippen LogP contribution in [0, 0.1) is 5.92 Å². The van der Waals surface area contributed by atoms with Crippen LogP contribution in [0.2, 0.25) is 0 Å². The Morgan fingerprint density at radius 3 is 2.49 bits per heavy atom. The minimum Gasteiger partial charge on any atom is -0.366 e. The Morgan fingerprint density at radius 1 is 1.02 bits per heavy atom. The standard InChI is InChI=1S/C27H32N8O4S2/c1-16(2)26-21-9-25(29-11-22(21)23(12-30-26)34-13-19(17(34)3)15-40(4,36)37)32-24-7-8-28-27(33-24)18-10-31-35(14-18)41(38,39)20-5-6-20/h7-12,14,16-17,19-20H,5-6,13,15H2,1-4H3,(H,28,29,32,33)/t17-,19-/m1/s1. The van der Waals surface area contributed by atoms with E-state index < -0.39 is 19.9 Å². The summed E-state index contributed by atoms with van der Waals surface area (Å²) in [6.45, 7) is 6.87. The van der Waals surface area contributed by atoms with Crippen LogP contribution in [0.3, 0.4) is 0 Å². The minimum atomic E-state index is -3.48. The number of pyridine rings is 2. The SMILES string of the molecule is CC(C)c1ncc(N2C[C@H](CS(C)(=O)=O)[C@H]2C)c2cnc(Nc3ccnc(-c4cnn(S(=O)(=O)C5CC5)c4)n3)cc12. The van der Waals surface area contributed by atoms with Gasteiger partial charge in [0.2, 0.25) is 0 Å². The number of nitrogens with zero attached hydrogens (tertiary/aromatic N) is 7. The third kappa shape index (κ3) is 5.37. The monoisotopic (exact) mass is 596 g/mol. The highest BCUT2D eigenvalue weighted by molar-refractivity contribution is 7.90. The van der Waals surface area contributed by atoms with Crippen LogP contribution in [-0.4, -0.2) is 75.8 Å². The molecule has 4 aromatic rings. The van der Waals surface area contributed by atoms with Gasteiger partial charge in [-0.25, -0.2) is 31.8 Å². The van der Waals surface area contributed by atoms with Gasteiger partial charge < -0.3 is 10.2 Å². The zero-order valence-corrected chi connectivity index (χ0v) is 24.9. The fraction of sp³-hybridized carbons (Fsp3) is 0.444. The van der Waals surface area contributed by atoms with Crippen molar-refractivity contribution in [3.05, 3.63) is 48.8 Å². The summed E-state index contributed by atoms with van der Waals surface area (Å²) < 4.78 is 49.7. The highest BCUT2D eigenvalue weighted by atomic mass is 32.2. The maximum atomic E-state index is 12.5. The van der Waals surface area contributed by atoms with E-state index in [2.05, 4.69) is 44.1 Å². The van der Waals surface area contributed by atoms with Crippen LogP contribution in [-0.2, 0) is 19.9 Å². The Bertz CT molecular complexity index is 1850. The quantitative estimate of drug-likeness (QED) is 0.303. The molecule has 0 amide bonds. The molecule has 1 saturated heterocycles. The molecule has 6 rings (SSSR count). The molecule has 2 atom stereocenters. The lowest BCUT2D eigenvalue weighted by molar-refractivity contribution is 0.341. The van der Waals surface area contributed by atoms with Gasteiger partial charge in [0.25, 0.3) is 10.0 Å². The summed E-state index contributed by atoms with van der Waals surface area (Å²) in [4.78, 5) is 20.5. The van der Waals surface area contributed by atoms with Gasteiger partial charge in [-0.1, -0.05) is 13.8 Å². The highest BCUT2D eigenvalue weighted by Gasteiger charge is 2.39. The highest BCUT2D eigenvalue weighted by Crippen LogP contribution is 2.38. The van der Waals surface area contributed by atoms with E-state index in [0.717, 1.165) is 26.2 Å². The molecule has 5 heterocycles. The summed E-state index contributed by atoms with van der Waals surface area (Å²) in [5, 5.41) is 8.81. The second-order valence-corrected chi connectivity index (χ2v) is 15.5. The lowest BCUT2D eigenvalue weighted by Gasteiger charge is -2.48.